The van der Waals surface area contributed by atoms with Crippen LogP contribution in [0.4, 0.5) is 5.69 Å². The van der Waals surface area contributed by atoms with E-state index in [2.05, 4.69) is 30.4 Å². The van der Waals surface area contributed by atoms with E-state index in [1.54, 1.807) is 41.8 Å². The molecule has 7 heteroatoms. The maximum Gasteiger partial charge on any atom is 0.273 e. The summed E-state index contributed by atoms with van der Waals surface area (Å²) in [6.45, 7) is 2.07. The average molecular weight is 469 g/mol. The summed E-state index contributed by atoms with van der Waals surface area (Å²) in [6, 6.07) is 16.5. The number of fused-ring (bicyclic) bond motifs is 1. The second-order valence-corrected chi connectivity index (χ2v) is 11.3. The van der Waals surface area contributed by atoms with Gasteiger partial charge in [0.15, 0.2) is 0 Å². The van der Waals surface area contributed by atoms with Gasteiger partial charge in [0.05, 0.1) is 11.7 Å². The summed E-state index contributed by atoms with van der Waals surface area (Å²) in [5.41, 5.74) is 4.99. The van der Waals surface area contributed by atoms with Crippen LogP contribution in [0.3, 0.4) is 0 Å². The number of hydrogen-bond acceptors (Lipinski definition) is 4. The van der Waals surface area contributed by atoms with Crippen LogP contribution in [0.5, 0.6) is 0 Å². The van der Waals surface area contributed by atoms with E-state index in [1.165, 1.54) is 46.7 Å². The van der Waals surface area contributed by atoms with Crippen LogP contribution >= 0.6 is 11.3 Å². The van der Waals surface area contributed by atoms with Crippen LogP contribution < -0.4 is 9.62 Å². The molecule has 1 atom stereocenters. The maximum atomic E-state index is 12.9. The number of aryl methyl sites for hydroxylation is 2. The van der Waals surface area contributed by atoms with Crippen molar-refractivity contribution in [2.45, 2.75) is 49.3 Å². The molecule has 168 valence electrons. The van der Waals surface area contributed by atoms with Crippen LogP contribution in [0.15, 0.2) is 64.2 Å². The third kappa shape index (κ3) is 4.59. The largest absolute Gasteiger partial charge is 0.345 e. The Morgan fingerprint density at radius 2 is 1.78 bits per heavy atom. The van der Waals surface area contributed by atoms with Crippen LogP contribution in [0.2, 0.25) is 0 Å². The first-order chi connectivity index (χ1) is 15.4. The van der Waals surface area contributed by atoms with Crippen molar-refractivity contribution in [2.24, 2.45) is 0 Å². The van der Waals surface area contributed by atoms with Crippen molar-refractivity contribution in [1.29, 1.82) is 0 Å². The number of sulfonamides is 1. The predicted octanol–water partition coefficient (Wildman–Crippen LogP) is 5.33. The molecule has 1 aromatic heterocycles. The molecular weight excluding hydrogens is 440 g/mol. The van der Waals surface area contributed by atoms with Gasteiger partial charge in [-0.25, -0.2) is 8.42 Å². The highest BCUT2D eigenvalue weighted by atomic mass is 32.2. The molecule has 0 fully saturated rings. The van der Waals surface area contributed by atoms with Gasteiger partial charge in [-0.05, 0) is 84.5 Å². The van der Waals surface area contributed by atoms with E-state index in [0.717, 1.165) is 24.8 Å². The van der Waals surface area contributed by atoms with Crippen LogP contribution in [-0.2, 0) is 22.9 Å². The highest BCUT2D eigenvalue weighted by molar-refractivity contribution is 7.94. The van der Waals surface area contributed by atoms with Crippen molar-refractivity contribution in [1.82, 2.24) is 5.32 Å². The first-order valence-corrected chi connectivity index (χ1v) is 13.3. The van der Waals surface area contributed by atoms with Gasteiger partial charge in [0.2, 0.25) is 0 Å². The molecule has 0 saturated heterocycles. The lowest BCUT2D eigenvalue weighted by atomic mass is 9.88. The van der Waals surface area contributed by atoms with E-state index in [9.17, 15) is 13.2 Å². The average Bonchev–Trinajstić information content (AvgIpc) is 3.38. The normalized spacial score (nSPS) is 14.4. The summed E-state index contributed by atoms with van der Waals surface area (Å²) < 4.78 is 27.0. The molecule has 0 bridgehead atoms. The molecule has 2 aromatic carbocycles. The van der Waals surface area contributed by atoms with Gasteiger partial charge in [0.25, 0.3) is 15.9 Å². The molecule has 0 aliphatic heterocycles. The third-order valence-electron chi connectivity index (χ3n) is 6.09. The topological polar surface area (TPSA) is 66.5 Å². The minimum atomic E-state index is -3.60. The highest BCUT2D eigenvalue weighted by Crippen LogP contribution is 2.27. The predicted molar refractivity (Wildman–Crippen MR) is 130 cm³/mol. The molecule has 1 amide bonds. The van der Waals surface area contributed by atoms with E-state index >= 15 is 0 Å². The molecule has 1 aliphatic rings. The van der Waals surface area contributed by atoms with Gasteiger partial charge in [-0.1, -0.05) is 31.2 Å². The van der Waals surface area contributed by atoms with Gasteiger partial charge in [0, 0.05) is 12.6 Å². The monoisotopic (exact) mass is 468 g/mol. The third-order valence-corrected chi connectivity index (χ3v) is 9.25. The molecule has 5 nitrogen and oxygen atoms in total. The van der Waals surface area contributed by atoms with Crippen molar-refractivity contribution in [3.8, 4) is 0 Å². The van der Waals surface area contributed by atoms with Gasteiger partial charge >= 0.3 is 0 Å². The van der Waals surface area contributed by atoms with E-state index in [4.69, 9.17) is 0 Å². The van der Waals surface area contributed by atoms with Gasteiger partial charge in [-0.15, -0.1) is 11.3 Å². The standard InChI is InChI=1S/C25H28N2O3S2/c1-3-23(21-11-10-18-7-4-5-8-20(18)17-21)26-25(28)19-12-14-22(15-13-19)27(2)32(29,30)24-9-6-16-31-24/h6,9-17,23H,3-5,7-8H2,1-2H3,(H,26,28)/t23-/m0/s1. The Kier molecular flexibility index (Phi) is 6.67. The number of nitrogens with one attached hydrogen (secondary N) is 1. The fourth-order valence-electron chi connectivity index (χ4n) is 4.14. The summed E-state index contributed by atoms with van der Waals surface area (Å²) >= 11 is 1.18. The van der Waals surface area contributed by atoms with Crippen LogP contribution in [0, 0.1) is 0 Å². The Morgan fingerprint density at radius 1 is 1.06 bits per heavy atom. The second kappa shape index (κ2) is 9.46. The maximum absolute atomic E-state index is 12.9. The summed E-state index contributed by atoms with van der Waals surface area (Å²) in [5, 5.41) is 4.88. The second-order valence-electron chi connectivity index (χ2n) is 8.12. The molecule has 3 aromatic rings. The van der Waals surface area contributed by atoms with Crippen molar-refractivity contribution >= 4 is 33.0 Å². The Bertz CT molecular complexity index is 1190. The van der Waals surface area contributed by atoms with E-state index in [1.807, 2.05) is 0 Å². The Hall–Kier alpha value is -2.64. The number of benzene rings is 2. The zero-order chi connectivity index (χ0) is 22.7. The smallest absolute Gasteiger partial charge is 0.273 e. The van der Waals surface area contributed by atoms with E-state index in [0.29, 0.717) is 11.3 Å². The number of hydrogen-bond donors (Lipinski definition) is 1. The number of thiophene rings is 1. The number of amides is 1. The fourth-order valence-corrected chi connectivity index (χ4v) is 6.50. The van der Waals surface area contributed by atoms with E-state index < -0.39 is 10.0 Å². The molecule has 32 heavy (non-hydrogen) atoms. The van der Waals surface area contributed by atoms with Crippen LogP contribution in [0.25, 0.3) is 0 Å². The van der Waals surface area contributed by atoms with Gasteiger partial charge in [-0.2, -0.15) is 0 Å². The first-order valence-electron chi connectivity index (χ1n) is 10.9. The summed E-state index contributed by atoms with van der Waals surface area (Å²) in [6.07, 6.45) is 5.52. The molecule has 1 heterocycles. The van der Waals surface area contributed by atoms with Crippen molar-refractivity contribution in [3.63, 3.8) is 0 Å². The summed E-state index contributed by atoms with van der Waals surface area (Å²) in [7, 11) is -2.08. The first kappa shape index (κ1) is 22.6. The molecule has 0 saturated carbocycles. The molecule has 1 N–H and O–H groups in total. The van der Waals surface area contributed by atoms with Crippen LogP contribution in [0.1, 0.15) is 59.3 Å². The summed E-state index contributed by atoms with van der Waals surface area (Å²) in [5.74, 6) is -0.162. The van der Waals surface area contributed by atoms with Gasteiger partial charge in [0.1, 0.15) is 4.21 Å². The lowest BCUT2D eigenvalue weighted by molar-refractivity contribution is 0.0935. The zero-order valence-electron chi connectivity index (χ0n) is 18.4. The number of anilines is 1. The SMILES string of the molecule is CC[C@H](NC(=O)c1ccc(N(C)S(=O)(=O)c2cccs2)cc1)c1ccc2c(c1)CCCC2. The van der Waals surface area contributed by atoms with E-state index in [-0.39, 0.29) is 16.2 Å². The minimum Gasteiger partial charge on any atom is -0.345 e. The quantitative estimate of drug-likeness (QED) is 0.509. The number of nitrogens with zero attached hydrogens (tertiary/aromatic N) is 1. The van der Waals surface area contributed by atoms with Crippen molar-refractivity contribution in [2.75, 3.05) is 11.4 Å². The minimum absolute atomic E-state index is 0.0590. The molecule has 0 spiro atoms. The number of carbonyl (C=O) groups excluding carboxylic acids is 1. The Labute approximate surface area is 194 Å². The summed E-state index contributed by atoms with van der Waals surface area (Å²) in [4.78, 5) is 12.9. The number of rotatable bonds is 7. The molecular formula is C25H28N2O3S2. The van der Waals surface area contributed by atoms with Crippen molar-refractivity contribution < 1.29 is 13.2 Å². The molecule has 0 radical (unpaired) electrons. The molecule has 1 aliphatic carbocycles. The number of carbonyl (C=O) groups is 1. The zero-order valence-corrected chi connectivity index (χ0v) is 20.0. The van der Waals surface area contributed by atoms with Gasteiger partial charge in [-0.3, -0.25) is 9.10 Å². The highest BCUT2D eigenvalue weighted by Gasteiger charge is 2.23. The fraction of sp³-hybridized carbons (Fsp3) is 0.320. The van der Waals surface area contributed by atoms with Gasteiger partial charge < -0.3 is 5.32 Å². The Morgan fingerprint density at radius 3 is 2.44 bits per heavy atom. The molecule has 0 unspecified atom stereocenters. The lowest BCUT2D eigenvalue weighted by Crippen LogP contribution is -2.29. The van der Waals surface area contributed by atoms with Crippen LogP contribution in [-0.4, -0.2) is 21.4 Å². The lowest BCUT2D eigenvalue weighted by Gasteiger charge is -2.22. The van der Waals surface area contributed by atoms with Crippen molar-refractivity contribution in [3.05, 3.63) is 82.2 Å². The molecule has 4 rings (SSSR count). The Balaban J connectivity index is 1.47.